The summed E-state index contributed by atoms with van der Waals surface area (Å²) in [7, 11) is 0. The smallest absolute Gasteiger partial charge is 0.0355 e. The molecule has 1 unspecified atom stereocenters. The fraction of sp³-hybridized carbons (Fsp3) is 0.200. The number of thiophene rings is 1. The molecule has 0 amide bonds. The second-order valence-corrected chi connectivity index (χ2v) is 7.30. The Morgan fingerprint density at radius 3 is 2.57 bits per heavy atom. The van der Waals surface area contributed by atoms with Crippen LogP contribution in [0.3, 0.4) is 0 Å². The van der Waals surface area contributed by atoms with Gasteiger partial charge in [-0.1, -0.05) is 67.1 Å². The Bertz CT molecular complexity index is 928. The van der Waals surface area contributed by atoms with Crippen molar-refractivity contribution in [2.45, 2.75) is 25.7 Å². The van der Waals surface area contributed by atoms with Crippen molar-refractivity contribution in [3.63, 3.8) is 0 Å². The van der Waals surface area contributed by atoms with Crippen molar-refractivity contribution in [1.29, 1.82) is 0 Å². The first kappa shape index (κ1) is 12.8. The average Bonchev–Trinajstić information content (AvgIpc) is 2.84. The highest BCUT2D eigenvalue weighted by atomic mass is 32.1. The molecule has 0 saturated heterocycles. The minimum Gasteiger partial charge on any atom is -0.136 e. The van der Waals surface area contributed by atoms with Crippen LogP contribution >= 0.6 is 11.3 Å². The molecular weight excluding hydrogens is 272 g/mol. The zero-order chi connectivity index (χ0) is 14.4. The topological polar surface area (TPSA) is 0 Å². The summed E-state index contributed by atoms with van der Waals surface area (Å²) in [5, 5.41) is 2.83. The van der Waals surface area contributed by atoms with Gasteiger partial charge in [-0.2, -0.15) is 0 Å². The van der Waals surface area contributed by atoms with Gasteiger partial charge in [0.2, 0.25) is 0 Å². The molecule has 0 fully saturated rings. The Hall–Kier alpha value is -1.86. The second kappa shape index (κ2) is 4.57. The summed E-state index contributed by atoms with van der Waals surface area (Å²) in [6.07, 6.45) is 5.97. The normalized spacial score (nSPS) is 20.7. The van der Waals surface area contributed by atoms with Crippen LogP contribution in [0.25, 0.3) is 22.2 Å². The molecule has 1 heteroatoms. The lowest BCUT2D eigenvalue weighted by Crippen LogP contribution is -2.31. The van der Waals surface area contributed by atoms with Crippen molar-refractivity contribution in [1.82, 2.24) is 0 Å². The lowest BCUT2D eigenvalue weighted by Gasteiger charge is -2.27. The van der Waals surface area contributed by atoms with Crippen LogP contribution in [0.2, 0.25) is 0 Å². The van der Waals surface area contributed by atoms with E-state index < -0.39 is 0 Å². The monoisotopic (exact) mass is 290 g/mol. The van der Waals surface area contributed by atoms with Crippen molar-refractivity contribution in [2.75, 3.05) is 0 Å². The number of aryl methyl sites for hydroxylation is 1. The van der Waals surface area contributed by atoms with Crippen molar-refractivity contribution >= 4 is 33.6 Å². The number of rotatable bonds is 1. The van der Waals surface area contributed by atoms with Crippen LogP contribution < -0.4 is 9.75 Å². The van der Waals surface area contributed by atoms with Crippen LogP contribution in [0.1, 0.15) is 24.5 Å². The zero-order valence-electron chi connectivity index (χ0n) is 12.4. The summed E-state index contributed by atoms with van der Waals surface area (Å²) >= 11 is 1.91. The molecule has 0 aliphatic heterocycles. The van der Waals surface area contributed by atoms with E-state index in [2.05, 4.69) is 74.5 Å². The van der Waals surface area contributed by atoms with Crippen LogP contribution in [0.15, 0.2) is 48.5 Å². The van der Waals surface area contributed by atoms with Crippen molar-refractivity contribution < 1.29 is 0 Å². The van der Waals surface area contributed by atoms with Gasteiger partial charge >= 0.3 is 0 Å². The summed E-state index contributed by atoms with van der Waals surface area (Å²) in [6, 6.07) is 17.7. The molecule has 0 nitrogen and oxygen atoms in total. The Morgan fingerprint density at radius 2 is 1.76 bits per heavy atom. The van der Waals surface area contributed by atoms with E-state index in [1.54, 1.807) is 0 Å². The Balaban J connectivity index is 1.93. The molecule has 3 aromatic rings. The number of hydrogen-bond acceptors (Lipinski definition) is 1. The highest BCUT2D eigenvalue weighted by Gasteiger charge is 2.25. The number of fused-ring (bicyclic) bond motifs is 3. The highest BCUT2D eigenvalue weighted by Crippen LogP contribution is 2.32. The Kier molecular flexibility index (Phi) is 2.80. The lowest BCUT2D eigenvalue weighted by atomic mass is 9.77. The fourth-order valence-corrected chi connectivity index (χ4v) is 4.49. The molecule has 0 radical (unpaired) electrons. The molecule has 0 bridgehead atoms. The van der Waals surface area contributed by atoms with Gasteiger partial charge in [0.1, 0.15) is 0 Å². The van der Waals surface area contributed by atoms with Gasteiger partial charge in [0.15, 0.2) is 0 Å². The van der Waals surface area contributed by atoms with E-state index in [1.165, 1.54) is 31.0 Å². The van der Waals surface area contributed by atoms with Crippen LogP contribution in [0, 0.1) is 6.92 Å². The summed E-state index contributed by atoms with van der Waals surface area (Å²) in [4.78, 5) is 0. The second-order valence-electron chi connectivity index (χ2n) is 6.21. The molecule has 0 N–H and O–H groups in total. The summed E-state index contributed by atoms with van der Waals surface area (Å²) in [5.74, 6) is 0. The standard InChI is InChI=1S/C20H18S/c1-14-7-9-15(10-8-14)20(2)12-11-17-16-5-3-4-6-18(16)21-19(17)13-20/h3-11,13H,12H2,1-2H3. The van der Waals surface area contributed by atoms with E-state index in [-0.39, 0.29) is 5.41 Å². The predicted octanol–water partition coefficient (Wildman–Crippen LogP) is 4.13. The summed E-state index contributed by atoms with van der Waals surface area (Å²) < 4.78 is 2.81. The largest absolute Gasteiger partial charge is 0.136 e. The average molecular weight is 290 g/mol. The van der Waals surface area contributed by atoms with E-state index in [1.807, 2.05) is 11.3 Å². The summed E-state index contributed by atoms with van der Waals surface area (Å²) in [5.41, 5.74) is 2.85. The van der Waals surface area contributed by atoms with E-state index in [0.29, 0.717) is 0 Å². The minimum absolute atomic E-state index is 0.113. The van der Waals surface area contributed by atoms with Crippen LogP contribution in [-0.2, 0) is 5.41 Å². The third-order valence-electron chi connectivity index (χ3n) is 4.55. The predicted molar refractivity (Wildman–Crippen MR) is 93.2 cm³/mol. The first-order valence-electron chi connectivity index (χ1n) is 7.43. The van der Waals surface area contributed by atoms with Crippen molar-refractivity contribution in [2.24, 2.45) is 0 Å². The molecule has 0 spiro atoms. The molecule has 104 valence electrons. The molecular formula is C20H18S. The van der Waals surface area contributed by atoms with Crippen LogP contribution in [-0.4, -0.2) is 0 Å². The maximum atomic E-state index is 2.47. The molecule has 1 aromatic heterocycles. The first-order chi connectivity index (χ1) is 10.2. The van der Waals surface area contributed by atoms with E-state index >= 15 is 0 Å². The Morgan fingerprint density at radius 1 is 1.00 bits per heavy atom. The molecule has 2 aromatic carbocycles. The first-order valence-corrected chi connectivity index (χ1v) is 8.25. The zero-order valence-corrected chi connectivity index (χ0v) is 13.2. The maximum Gasteiger partial charge on any atom is 0.0355 e. The van der Waals surface area contributed by atoms with Gasteiger partial charge in [-0.3, -0.25) is 0 Å². The van der Waals surface area contributed by atoms with E-state index in [4.69, 9.17) is 0 Å². The van der Waals surface area contributed by atoms with Gasteiger partial charge in [0.05, 0.1) is 0 Å². The van der Waals surface area contributed by atoms with E-state index in [9.17, 15) is 0 Å². The maximum absolute atomic E-state index is 2.47. The van der Waals surface area contributed by atoms with Crippen molar-refractivity contribution in [3.8, 4) is 0 Å². The molecule has 1 aliphatic carbocycles. The van der Waals surface area contributed by atoms with Crippen LogP contribution in [0.5, 0.6) is 0 Å². The molecule has 4 rings (SSSR count). The lowest BCUT2D eigenvalue weighted by molar-refractivity contribution is 0.655. The van der Waals surface area contributed by atoms with Gasteiger partial charge in [-0.05, 0) is 35.6 Å². The third-order valence-corrected chi connectivity index (χ3v) is 5.69. The highest BCUT2D eigenvalue weighted by molar-refractivity contribution is 7.17. The number of hydrogen-bond donors (Lipinski definition) is 0. The molecule has 21 heavy (non-hydrogen) atoms. The van der Waals surface area contributed by atoms with Crippen molar-refractivity contribution in [3.05, 3.63) is 69.4 Å². The SMILES string of the molecule is Cc1ccc(C2(C)C=c3sc4ccccc4c3=CC2)cc1. The molecule has 1 atom stereocenters. The third kappa shape index (κ3) is 2.04. The number of benzene rings is 2. The van der Waals surface area contributed by atoms with Gasteiger partial charge in [-0.25, -0.2) is 0 Å². The van der Waals surface area contributed by atoms with Gasteiger partial charge < -0.3 is 0 Å². The van der Waals surface area contributed by atoms with Crippen LogP contribution in [0.4, 0.5) is 0 Å². The summed E-state index contributed by atoms with van der Waals surface area (Å²) in [6.45, 7) is 4.49. The van der Waals surface area contributed by atoms with E-state index in [0.717, 1.165) is 6.42 Å². The minimum atomic E-state index is 0.113. The Labute approximate surface area is 129 Å². The van der Waals surface area contributed by atoms with Gasteiger partial charge in [0.25, 0.3) is 0 Å². The van der Waals surface area contributed by atoms with Gasteiger partial charge in [0, 0.05) is 14.6 Å². The molecule has 1 heterocycles. The molecule has 1 aliphatic rings. The van der Waals surface area contributed by atoms with Gasteiger partial charge in [-0.15, -0.1) is 11.3 Å². The molecule has 0 saturated carbocycles. The fourth-order valence-electron chi connectivity index (χ4n) is 3.20. The quantitative estimate of drug-likeness (QED) is 0.632.